The Labute approximate surface area is 291 Å². The van der Waals surface area contributed by atoms with Crippen molar-refractivity contribution >= 4 is 23.9 Å². The van der Waals surface area contributed by atoms with Gasteiger partial charge in [-0.3, -0.25) is 9.78 Å². The van der Waals surface area contributed by atoms with Gasteiger partial charge in [-0.2, -0.15) is 0 Å². The van der Waals surface area contributed by atoms with Crippen LogP contribution in [0.5, 0.6) is 0 Å². The number of hydrogen-bond acceptors (Lipinski definition) is 10. The first-order valence-electron chi connectivity index (χ1n) is 17.1. The van der Waals surface area contributed by atoms with Crippen molar-refractivity contribution in [3.63, 3.8) is 0 Å². The number of benzene rings is 2. The third-order valence-electron chi connectivity index (χ3n) is 11.9. The number of rotatable bonds is 6. The van der Waals surface area contributed by atoms with Gasteiger partial charge in [0.25, 0.3) is 0 Å². The lowest BCUT2D eigenvalue weighted by atomic mass is 9.41. The molecule has 4 aliphatic rings. The molecular formula is C40H41NO9. The molecule has 2 saturated heterocycles. The van der Waals surface area contributed by atoms with Crippen molar-refractivity contribution in [3.8, 4) is 0 Å². The molecule has 50 heavy (non-hydrogen) atoms. The number of pyridine rings is 1. The van der Waals surface area contributed by atoms with E-state index < -0.39 is 64.2 Å². The van der Waals surface area contributed by atoms with Crippen LogP contribution in [0.15, 0.2) is 96.8 Å². The van der Waals surface area contributed by atoms with Crippen LogP contribution < -0.4 is 0 Å². The highest BCUT2D eigenvalue weighted by Gasteiger charge is 2.76. The van der Waals surface area contributed by atoms with Crippen molar-refractivity contribution in [1.29, 1.82) is 0 Å². The van der Waals surface area contributed by atoms with Gasteiger partial charge in [-0.1, -0.05) is 61.9 Å². The number of nitrogens with zero attached hydrogens (tertiary/aromatic N) is 1. The molecule has 0 amide bonds. The Morgan fingerprint density at radius 2 is 1.38 bits per heavy atom. The Hall–Kier alpha value is -4.83. The van der Waals surface area contributed by atoms with Gasteiger partial charge in [0.2, 0.25) is 0 Å². The van der Waals surface area contributed by atoms with E-state index in [1.807, 2.05) is 32.9 Å². The number of esters is 4. The van der Waals surface area contributed by atoms with E-state index in [4.69, 9.17) is 23.7 Å². The van der Waals surface area contributed by atoms with Gasteiger partial charge in [0.15, 0.2) is 12.2 Å². The Bertz CT molecular complexity index is 1830. The highest BCUT2D eigenvalue weighted by atomic mass is 16.6. The highest BCUT2D eigenvalue weighted by Crippen LogP contribution is 2.69. The van der Waals surface area contributed by atoms with Crippen molar-refractivity contribution in [2.45, 2.75) is 82.9 Å². The van der Waals surface area contributed by atoms with Crippen molar-refractivity contribution < 1.29 is 42.9 Å². The molecule has 10 nitrogen and oxygen atoms in total. The van der Waals surface area contributed by atoms with Crippen LogP contribution >= 0.6 is 0 Å². The van der Waals surface area contributed by atoms with Crippen LogP contribution in [0.3, 0.4) is 0 Å². The second kappa shape index (κ2) is 12.5. The average Bonchev–Trinajstić information content (AvgIpc) is 3.49. The van der Waals surface area contributed by atoms with Crippen LogP contribution in [0.2, 0.25) is 0 Å². The summed E-state index contributed by atoms with van der Waals surface area (Å²) in [4.78, 5) is 58.4. The molecular weight excluding hydrogens is 638 g/mol. The van der Waals surface area contributed by atoms with Crippen LogP contribution in [0.25, 0.3) is 0 Å². The highest BCUT2D eigenvalue weighted by molar-refractivity contribution is 5.91. The van der Waals surface area contributed by atoms with E-state index in [2.05, 4.69) is 11.9 Å². The van der Waals surface area contributed by atoms with Gasteiger partial charge < -0.3 is 23.7 Å². The molecule has 7 rings (SSSR count). The number of ether oxygens (including phenoxy) is 5. The Morgan fingerprint density at radius 3 is 1.98 bits per heavy atom. The molecule has 3 fully saturated rings. The fraction of sp³-hybridized carbons (Fsp3) is 0.425. The van der Waals surface area contributed by atoms with Crippen LogP contribution in [0.4, 0.5) is 0 Å². The molecule has 4 unspecified atom stereocenters. The zero-order valence-corrected chi connectivity index (χ0v) is 28.6. The van der Waals surface area contributed by atoms with Gasteiger partial charge in [0.1, 0.15) is 23.9 Å². The molecule has 10 heteroatoms. The average molecular weight is 680 g/mol. The van der Waals surface area contributed by atoms with Gasteiger partial charge >= 0.3 is 23.9 Å². The number of hydrogen-bond donors (Lipinski definition) is 0. The Morgan fingerprint density at radius 1 is 0.780 bits per heavy atom. The van der Waals surface area contributed by atoms with Gasteiger partial charge in [0.05, 0.1) is 23.1 Å². The van der Waals surface area contributed by atoms with Crippen molar-refractivity contribution in [1.82, 2.24) is 4.98 Å². The molecule has 1 aromatic heterocycles. The summed E-state index contributed by atoms with van der Waals surface area (Å²) in [7, 11) is 0. The minimum absolute atomic E-state index is 0.0332. The minimum atomic E-state index is -1.36. The number of cyclic esters (lactones) is 1. The lowest BCUT2D eigenvalue weighted by Gasteiger charge is -2.70. The molecule has 3 aromatic rings. The van der Waals surface area contributed by atoms with E-state index in [9.17, 15) is 19.2 Å². The second-order valence-corrected chi connectivity index (χ2v) is 14.6. The zero-order chi connectivity index (χ0) is 35.3. The molecule has 2 aliphatic carbocycles. The maximum absolute atomic E-state index is 14.0. The molecule has 2 aromatic carbocycles. The van der Waals surface area contributed by atoms with Crippen LogP contribution in [0, 0.1) is 16.7 Å². The van der Waals surface area contributed by atoms with Gasteiger partial charge in [-0.25, -0.2) is 14.4 Å². The van der Waals surface area contributed by atoms with E-state index in [1.165, 1.54) is 6.20 Å². The van der Waals surface area contributed by atoms with Gasteiger partial charge in [0, 0.05) is 35.6 Å². The number of aromatic nitrogens is 1. The van der Waals surface area contributed by atoms with Crippen LogP contribution in [-0.4, -0.2) is 65.0 Å². The first kappa shape index (κ1) is 33.7. The lowest BCUT2D eigenvalue weighted by Crippen LogP contribution is -2.78. The van der Waals surface area contributed by atoms with E-state index in [1.54, 1.807) is 72.9 Å². The number of carbonyl (C=O) groups is 4. The first-order chi connectivity index (χ1) is 23.9. The summed E-state index contributed by atoms with van der Waals surface area (Å²) in [6.07, 6.45) is 3.51. The molecule has 0 radical (unpaired) electrons. The fourth-order valence-electron chi connectivity index (χ4n) is 9.04. The summed E-state index contributed by atoms with van der Waals surface area (Å²) in [6.45, 7) is 7.96. The lowest BCUT2D eigenvalue weighted by molar-refractivity contribution is -0.345. The zero-order valence-electron chi connectivity index (χ0n) is 28.6. The molecule has 1 spiro atoms. The standard InChI is InChI=1S/C40H41NO9/c1-25-17-18-29(47-34(43)26-12-7-5-8-13-26)31-37(2)19-20-40(22-30(42)46-24-40)50-39(37,4)33(49-35(44)27-14-9-6-10-15-27)32(38(25,31)3)48-36(45)28-16-11-21-41-23-28/h5-17,21,23,29,31-33H,18-20,22,24H2,1-4H3/t29?,31?,32?,33?,37-,38+,39+,40+/m1/s1. The summed E-state index contributed by atoms with van der Waals surface area (Å²) in [5, 5.41) is 0. The normalized spacial score (nSPS) is 34.4. The second-order valence-electron chi connectivity index (χ2n) is 14.6. The quantitative estimate of drug-likeness (QED) is 0.166. The maximum atomic E-state index is 14.0. The van der Waals surface area contributed by atoms with Crippen molar-refractivity contribution in [2.24, 2.45) is 16.7 Å². The number of fused-ring (bicyclic) bond motifs is 3. The smallest absolute Gasteiger partial charge is 0.340 e. The molecule has 0 N–H and O–H groups in total. The maximum Gasteiger partial charge on any atom is 0.340 e. The van der Waals surface area contributed by atoms with E-state index in [0.717, 1.165) is 5.57 Å². The summed E-state index contributed by atoms with van der Waals surface area (Å²) < 4.78 is 32.1. The third kappa shape index (κ3) is 5.41. The Balaban J connectivity index is 1.40. The van der Waals surface area contributed by atoms with Crippen LogP contribution in [-0.2, 0) is 28.5 Å². The largest absolute Gasteiger partial charge is 0.463 e. The SMILES string of the molecule is CC1=CCC(OC(=O)c2ccccc2)C2[C@@]1(C)C(OC(=O)c1cccnc1)C(OC(=O)c1ccccc1)[C@]1(C)O[C@]3(CC[C@]21C)COC(=O)C3. The summed E-state index contributed by atoms with van der Waals surface area (Å²) in [5.74, 6) is -2.60. The molecule has 0 bridgehead atoms. The van der Waals surface area contributed by atoms with Crippen molar-refractivity contribution in [3.05, 3.63) is 114 Å². The minimum Gasteiger partial charge on any atom is -0.463 e. The summed E-state index contributed by atoms with van der Waals surface area (Å²) >= 11 is 0. The number of carbonyl (C=O) groups excluding carboxylic acids is 4. The predicted octanol–water partition coefficient (Wildman–Crippen LogP) is 6.31. The third-order valence-corrected chi connectivity index (χ3v) is 11.9. The van der Waals surface area contributed by atoms with Gasteiger partial charge in [-0.15, -0.1) is 0 Å². The molecule has 3 heterocycles. The monoisotopic (exact) mass is 679 g/mol. The van der Waals surface area contributed by atoms with E-state index in [-0.39, 0.29) is 24.6 Å². The van der Waals surface area contributed by atoms with Gasteiger partial charge in [-0.05, 0) is 63.1 Å². The predicted molar refractivity (Wildman–Crippen MR) is 180 cm³/mol. The summed E-state index contributed by atoms with van der Waals surface area (Å²) in [5.41, 5.74) is -2.33. The first-order valence-corrected chi connectivity index (χ1v) is 17.1. The van der Waals surface area contributed by atoms with Crippen LogP contribution in [0.1, 0.15) is 84.5 Å². The fourth-order valence-corrected chi connectivity index (χ4v) is 9.04. The Kier molecular flexibility index (Phi) is 8.41. The van der Waals surface area contributed by atoms with E-state index in [0.29, 0.717) is 30.4 Å². The molecule has 8 atom stereocenters. The summed E-state index contributed by atoms with van der Waals surface area (Å²) in [6, 6.07) is 20.7. The van der Waals surface area contributed by atoms with E-state index >= 15 is 0 Å². The topological polar surface area (TPSA) is 127 Å². The molecule has 260 valence electrons. The molecule has 1 saturated carbocycles. The van der Waals surface area contributed by atoms with Crippen molar-refractivity contribution in [2.75, 3.05) is 6.61 Å². The molecule has 2 aliphatic heterocycles.